The molecule has 12 heteroatoms. The van der Waals surface area contributed by atoms with Gasteiger partial charge in [0.05, 0.1) is 13.2 Å². The number of carbonyl (C=O) groups is 3. The normalized spacial score (nSPS) is 26.7. The van der Waals surface area contributed by atoms with Crippen LogP contribution in [0, 0.1) is 5.92 Å². The van der Waals surface area contributed by atoms with Crippen molar-refractivity contribution in [3.8, 4) is 0 Å². The SMILES string of the molecule is COC(=O)COC1CCC(C2=NN(N3CCN(C(=O)OC(C)(C)C)CC3)C(C(N)=O)S2)CC1. The van der Waals surface area contributed by atoms with Crippen LogP contribution in [0.1, 0.15) is 46.5 Å². The topological polar surface area (TPSA) is 127 Å². The van der Waals surface area contributed by atoms with Gasteiger partial charge in [-0.2, -0.15) is 10.1 Å². The number of methoxy groups -OCH3 is 1. The Balaban J connectivity index is 1.55. The number of primary amides is 1. The monoisotopic (exact) mass is 485 g/mol. The molecule has 11 nitrogen and oxygen atoms in total. The van der Waals surface area contributed by atoms with Gasteiger partial charge in [-0.15, -0.1) is 0 Å². The summed E-state index contributed by atoms with van der Waals surface area (Å²) in [6, 6.07) is 0. The van der Waals surface area contributed by atoms with Crippen molar-refractivity contribution in [3.05, 3.63) is 0 Å². The number of nitrogens with zero attached hydrogens (tertiary/aromatic N) is 4. The van der Waals surface area contributed by atoms with Crippen LogP contribution in [-0.2, 0) is 23.8 Å². The highest BCUT2D eigenvalue weighted by Crippen LogP contribution is 2.37. The first-order valence-electron chi connectivity index (χ1n) is 11.3. The first kappa shape index (κ1) is 25.6. The minimum atomic E-state index is -0.596. The number of thioether (sulfide) groups is 1. The van der Waals surface area contributed by atoms with Gasteiger partial charge in [-0.25, -0.2) is 14.7 Å². The van der Waals surface area contributed by atoms with Crippen LogP contribution in [0.15, 0.2) is 5.10 Å². The molecule has 1 saturated heterocycles. The zero-order valence-electron chi connectivity index (χ0n) is 19.8. The fourth-order valence-corrected chi connectivity index (χ4v) is 5.21. The van der Waals surface area contributed by atoms with Crippen LogP contribution in [0.5, 0.6) is 0 Å². The standard InChI is InChI=1S/C21H35N5O6S/c1-21(2,3)32-20(29)24-9-11-25(12-10-24)26-19(17(22)28)33-18(23-26)14-5-7-15(8-6-14)31-13-16(27)30-4/h14-15,19H,5-13H2,1-4H3,(H2,22,28). The fraction of sp³-hybridized carbons (Fsp3) is 0.810. The van der Waals surface area contributed by atoms with Crippen molar-refractivity contribution in [3.63, 3.8) is 0 Å². The van der Waals surface area contributed by atoms with Gasteiger partial charge in [0.1, 0.15) is 17.3 Å². The molecule has 1 saturated carbocycles. The zero-order valence-corrected chi connectivity index (χ0v) is 20.6. The first-order valence-corrected chi connectivity index (χ1v) is 12.2. The van der Waals surface area contributed by atoms with Crippen molar-refractivity contribution in [1.82, 2.24) is 15.0 Å². The van der Waals surface area contributed by atoms with E-state index in [9.17, 15) is 14.4 Å². The number of piperazine rings is 1. The minimum absolute atomic E-state index is 0.0244. The van der Waals surface area contributed by atoms with E-state index < -0.39 is 16.9 Å². The molecule has 0 aromatic carbocycles. The lowest BCUT2D eigenvalue weighted by Gasteiger charge is -2.39. The van der Waals surface area contributed by atoms with Gasteiger partial charge < -0.3 is 24.8 Å². The molecule has 2 N–H and O–H groups in total. The molecular formula is C21H35N5O6S. The predicted octanol–water partition coefficient (Wildman–Crippen LogP) is 1.38. The summed E-state index contributed by atoms with van der Waals surface area (Å²) < 4.78 is 15.7. The van der Waals surface area contributed by atoms with Crippen LogP contribution in [0.25, 0.3) is 0 Å². The number of hydrogen-bond acceptors (Lipinski definition) is 10. The number of amides is 2. The Morgan fingerprint density at radius 3 is 2.27 bits per heavy atom. The second-order valence-corrected chi connectivity index (χ2v) is 10.5. The van der Waals surface area contributed by atoms with Crippen molar-refractivity contribution in [1.29, 1.82) is 0 Å². The Kier molecular flexibility index (Phi) is 8.46. The van der Waals surface area contributed by atoms with Crippen LogP contribution in [-0.4, -0.2) is 95.0 Å². The van der Waals surface area contributed by atoms with Crippen molar-refractivity contribution >= 4 is 34.8 Å². The van der Waals surface area contributed by atoms with E-state index in [0.29, 0.717) is 26.2 Å². The van der Waals surface area contributed by atoms with Crippen LogP contribution < -0.4 is 5.73 Å². The summed E-state index contributed by atoms with van der Waals surface area (Å²) in [5, 5.41) is 8.74. The molecule has 2 heterocycles. The molecule has 0 bridgehead atoms. The van der Waals surface area contributed by atoms with Crippen LogP contribution in [0.3, 0.4) is 0 Å². The average molecular weight is 486 g/mol. The highest BCUT2D eigenvalue weighted by Gasteiger charge is 2.40. The highest BCUT2D eigenvalue weighted by atomic mass is 32.2. The second kappa shape index (κ2) is 10.9. The fourth-order valence-electron chi connectivity index (χ4n) is 4.03. The quantitative estimate of drug-likeness (QED) is 0.555. The largest absolute Gasteiger partial charge is 0.467 e. The lowest BCUT2D eigenvalue weighted by molar-refractivity contribution is -0.148. The van der Waals surface area contributed by atoms with Gasteiger partial charge in [0.25, 0.3) is 5.91 Å². The number of hydrazone groups is 1. The van der Waals surface area contributed by atoms with Crippen molar-refractivity contribution < 1.29 is 28.6 Å². The van der Waals surface area contributed by atoms with Gasteiger partial charge in [0, 0.05) is 32.1 Å². The van der Waals surface area contributed by atoms with E-state index >= 15 is 0 Å². The summed E-state index contributed by atoms with van der Waals surface area (Å²) in [6.07, 6.45) is 3.05. The van der Waals surface area contributed by atoms with Gasteiger partial charge >= 0.3 is 12.1 Å². The number of hydrogen-bond donors (Lipinski definition) is 1. The molecule has 0 aromatic rings. The summed E-state index contributed by atoms with van der Waals surface area (Å²) in [5.74, 6) is -0.592. The van der Waals surface area contributed by atoms with E-state index in [-0.39, 0.29) is 30.7 Å². The lowest BCUT2D eigenvalue weighted by atomic mass is 9.88. The predicted molar refractivity (Wildman–Crippen MR) is 123 cm³/mol. The average Bonchev–Trinajstić information content (AvgIpc) is 3.22. The van der Waals surface area contributed by atoms with Crippen molar-refractivity contribution in [2.45, 2.75) is 63.5 Å². The molecule has 3 rings (SSSR count). The molecule has 33 heavy (non-hydrogen) atoms. The maximum absolute atomic E-state index is 12.3. The van der Waals surface area contributed by atoms with E-state index in [4.69, 9.17) is 20.3 Å². The third-order valence-corrected chi connectivity index (χ3v) is 7.07. The number of ether oxygens (including phenoxy) is 3. The number of carbonyl (C=O) groups excluding carboxylic acids is 3. The zero-order chi connectivity index (χ0) is 24.2. The summed E-state index contributed by atoms with van der Waals surface area (Å²) >= 11 is 1.40. The van der Waals surface area contributed by atoms with E-state index in [1.54, 1.807) is 10.0 Å². The number of nitrogens with two attached hydrogens (primary N) is 1. The van der Waals surface area contributed by atoms with Crippen molar-refractivity contribution in [2.75, 3.05) is 39.9 Å². The van der Waals surface area contributed by atoms with Gasteiger partial charge in [-0.1, -0.05) is 11.8 Å². The van der Waals surface area contributed by atoms with E-state index in [1.807, 2.05) is 25.8 Å². The molecule has 1 atom stereocenters. The Bertz CT molecular complexity index is 757. The van der Waals surface area contributed by atoms with Crippen LogP contribution >= 0.6 is 11.8 Å². The molecule has 0 aromatic heterocycles. The summed E-state index contributed by atoms with van der Waals surface area (Å²) in [5.41, 5.74) is 5.14. The Morgan fingerprint density at radius 2 is 1.73 bits per heavy atom. The smallest absolute Gasteiger partial charge is 0.410 e. The van der Waals surface area contributed by atoms with Crippen LogP contribution in [0.4, 0.5) is 4.79 Å². The molecule has 1 unspecified atom stereocenters. The molecular weight excluding hydrogens is 450 g/mol. The maximum Gasteiger partial charge on any atom is 0.410 e. The van der Waals surface area contributed by atoms with E-state index in [1.165, 1.54) is 18.9 Å². The van der Waals surface area contributed by atoms with Crippen molar-refractivity contribution in [2.24, 2.45) is 16.8 Å². The molecule has 0 radical (unpaired) electrons. The molecule has 3 aliphatic rings. The summed E-state index contributed by atoms with van der Waals surface area (Å²) in [4.78, 5) is 37.4. The van der Waals surface area contributed by atoms with Gasteiger partial charge in [0.15, 0.2) is 5.37 Å². The molecule has 1 aliphatic carbocycles. The maximum atomic E-state index is 12.3. The van der Waals surface area contributed by atoms with E-state index in [0.717, 1.165) is 30.7 Å². The van der Waals surface area contributed by atoms with Gasteiger partial charge in [-0.3, -0.25) is 4.79 Å². The second-order valence-electron chi connectivity index (χ2n) is 9.41. The Hall–Kier alpha value is -2.05. The summed E-state index contributed by atoms with van der Waals surface area (Å²) in [6.45, 7) is 7.53. The van der Waals surface area contributed by atoms with Gasteiger partial charge in [0.2, 0.25) is 0 Å². The lowest BCUT2D eigenvalue weighted by Crippen LogP contribution is -2.56. The molecule has 2 aliphatic heterocycles. The number of hydrazine groups is 1. The highest BCUT2D eigenvalue weighted by molar-refractivity contribution is 8.15. The molecule has 186 valence electrons. The minimum Gasteiger partial charge on any atom is -0.467 e. The third kappa shape index (κ3) is 6.97. The third-order valence-electron chi connectivity index (χ3n) is 5.77. The summed E-state index contributed by atoms with van der Waals surface area (Å²) in [7, 11) is 1.34. The Labute approximate surface area is 198 Å². The molecule has 2 fully saturated rings. The van der Waals surface area contributed by atoms with Crippen LogP contribution in [0.2, 0.25) is 0 Å². The first-order chi connectivity index (χ1) is 15.6. The Morgan fingerprint density at radius 1 is 1.09 bits per heavy atom. The molecule has 0 spiro atoms. The molecule has 2 amide bonds. The van der Waals surface area contributed by atoms with Gasteiger partial charge in [-0.05, 0) is 46.5 Å². The number of esters is 1. The number of rotatable bonds is 6. The van der Waals surface area contributed by atoms with E-state index in [2.05, 4.69) is 4.74 Å².